The lowest BCUT2D eigenvalue weighted by atomic mass is 10.2. The molecule has 0 radical (unpaired) electrons. The van der Waals surface area contributed by atoms with Crippen LogP contribution in [0.15, 0.2) is 24.5 Å². The zero-order chi connectivity index (χ0) is 8.10. The Labute approximate surface area is 65.3 Å². The number of hydrogen-bond donors (Lipinski definition) is 0. The minimum Gasteiger partial charge on any atom is -0.279 e. The van der Waals surface area contributed by atoms with E-state index in [1.54, 1.807) is 31.5 Å². The lowest BCUT2D eigenvalue weighted by molar-refractivity contribution is 0.105. The van der Waals surface area contributed by atoms with Crippen molar-refractivity contribution in [3.8, 4) is 11.8 Å². The molecule has 0 aliphatic rings. The molecule has 0 aliphatic carbocycles. The molecule has 0 spiro atoms. The average molecular weight is 145 g/mol. The Hall–Kier alpha value is -1.62. The molecule has 1 heterocycles. The van der Waals surface area contributed by atoms with E-state index < -0.39 is 0 Å². The molecule has 2 heteroatoms. The van der Waals surface area contributed by atoms with Crippen LogP contribution in [0.25, 0.3) is 0 Å². The molecule has 1 aromatic rings. The van der Waals surface area contributed by atoms with Crippen LogP contribution in [0.1, 0.15) is 17.3 Å². The monoisotopic (exact) mass is 145 g/mol. The molecule has 0 N–H and O–H groups in total. The van der Waals surface area contributed by atoms with Gasteiger partial charge >= 0.3 is 0 Å². The van der Waals surface area contributed by atoms with Gasteiger partial charge in [-0.2, -0.15) is 0 Å². The Morgan fingerprint density at radius 3 is 2.64 bits per heavy atom. The summed E-state index contributed by atoms with van der Waals surface area (Å²) in [5.41, 5.74) is 0.592. The van der Waals surface area contributed by atoms with Gasteiger partial charge in [0.25, 0.3) is 0 Å². The molecule has 0 saturated carbocycles. The van der Waals surface area contributed by atoms with Gasteiger partial charge in [-0.1, -0.05) is 5.92 Å². The molecule has 1 aromatic heterocycles. The topological polar surface area (TPSA) is 30.0 Å². The second-order valence-electron chi connectivity index (χ2n) is 1.94. The molecule has 0 bridgehead atoms. The minimum absolute atomic E-state index is 0.157. The van der Waals surface area contributed by atoms with Crippen LogP contribution in [0.2, 0.25) is 0 Å². The Bertz CT molecular complexity index is 305. The van der Waals surface area contributed by atoms with Gasteiger partial charge in [-0.15, -0.1) is 0 Å². The van der Waals surface area contributed by atoms with Crippen molar-refractivity contribution in [1.29, 1.82) is 0 Å². The zero-order valence-electron chi connectivity index (χ0n) is 6.16. The summed E-state index contributed by atoms with van der Waals surface area (Å²) in [6.07, 6.45) is 3.15. The highest BCUT2D eigenvalue weighted by molar-refractivity contribution is 6.08. The summed E-state index contributed by atoms with van der Waals surface area (Å²) in [4.78, 5) is 14.8. The van der Waals surface area contributed by atoms with Crippen molar-refractivity contribution in [2.75, 3.05) is 0 Å². The molecular formula is C9H7NO. The smallest absolute Gasteiger partial charge is 0.235 e. The number of carbonyl (C=O) groups excluding carboxylic acids is 1. The van der Waals surface area contributed by atoms with Gasteiger partial charge in [0.15, 0.2) is 0 Å². The maximum Gasteiger partial charge on any atom is 0.235 e. The molecule has 2 nitrogen and oxygen atoms in total. The third-order valence-electron chi connectivity index (χ3n) is 1.18. The summed E-state index contributed by atoms with van der Waals surface area (Å²) in [5, 5.41) is 0. The number of hydrogen-bond acceptors (Lipinski definition) is 2. The van der Waals surface area contributed by atoms with Crippen molar-refractivity contribution in [3.63, 3.8) is 0 Å². The van der Waals surface area contributed by atoms with Crippen molar-refractivity contribution in [3.05, 3.63) is 30.1 Å². The second kappa shape index (κ2) is 3.52. The molecule has 0 atom stereocenters. The van der Waals surface area contributed by atoms with Crippen molar-refractivity contribution in [2.24, 2.45) is 0 Å². The van der Waals surface area contributed by atoms with Crippen LogP contribution < -0.4 is 0 Å². The Balaban J connectivity index is 2.92. The van der Waals surface area contributed by atoms with Gasteiger partial charge in [0, 0.05) is 18.0 Å². The zero-order valence-corrected chi connectivity index (χ0v) is 6.16. The molecule has 0 amide bonds. The SMILES string of the molecule is CC#CC(=O)c1ccncc1. The van der Waals surface area contributed by atoms with Crippen molar-refractivity contribution < 1.29 is 4.79 Å². The Morgan fingerprint density at radius 1 is 1.45 bits per heavy atom. The average Bonchev–Trinajstić information content (AvgIpc) is 2.07. The fourth-order valence-corrected chi connectivity index (χ4v) is 0.689. The minimum atomic E-state index is -0.157. The van der Waals surface area contributed by atoms with Gasteiger partial charge in [-0.25, -0.2) is 0 Å². The van der Waals surface area contributed by atoms with Crippen LogP contribution in [0, 0.1) is 11.8 Å². The summed E-state index contributed by atoms with van der Waals surface area (Å²) in [7, 11) is 0. The van der Waals surface area contributed by atoms with Gasteiger partial charge in [-0.3, -0.25) is 9.78 Å². The van der Waals surface area contributed by atoms with Gasteiger partial charge < -0.3 is 0 Å². The third kappa shape index (κ3) is 1.91. The van der Waals surface area contributed by atoms with Gasteiger partial charge in [0.2, 0.25) is 5.78 Å². The molecule has 0 saturated heterocycles. The maximum absolute atomic E-state index is 11.0. The number of aromatic nitrogens is 1. The number of ketones is 1. The van der Waals surface area contributed by atoms with Gasteiger partial charge in [0.1, 0.15) is 0 Å². The Morgan fingerprint density at radius 2 is 2.09 bits per heavy atom. The highest BCUT2D eigenvalue weighted by Crippen LogP contribution is 1.95. The fourth-order valence-electron chi connectivity index (χ4n) is 0.689. The highest BCUT2D eigenvalue weighted by Gasteiger charge is 1.98. The molecule has 0 aromatic carbocycles. The van der Waals surface area contributed by atoms with E-state index in [0.717, 1.165) is 0 Å². The molecular weight excluding hydrogens is 138 g/mol. The van der Waals surface area contributed by atoms with Crippen LogP contribution in [-0.2, 0) is 0 Å². The standard InChI is InChI=1S/C9H7NO/c1-2-3-9(11)8-4-6-10-7-5-8/h4-7H,1H3. The summed E-state index contributed by atoms with van der Waals surface area (Å²) >= 11 is 0. The van der Waals surface area contributed by atoms with Crippen molar-refractivity contribution >= 4 is 5.78 Å². The predicted octanol–water partition coefficient (Wildman–Crippen LogP) is 1.29. The van der Waals surface area contributed by atoms with E-state index in [1.165, 1.54) is 0 Å². The normalized spacial score (nSPS) is 8.09. The molecule has 0 fully saturated rings. The van der Waals surface area contributed by atoms with E-state index in [9.17, 15) is 4.79 Å². The van der Waals surface area contributed by atoms with Crippen molar-refractivity contribution in [1.82, 2.24) is 4.98 Å². The fraction of sp³-hybridized carbons (Fsp3) is 0.111. The lowest BCUT2D eigenvalue weighted by Gasteiger charge is -1.88. The van der Waals surface area contributed by atoms with Gasteiger partial charge in [0.05, 0.1) is 0 Å². The Kier molecular flexibility index (Phi) is 2.40. The lowest BCUT2D eigenvalue weighted by Crippen LogP contribution is -1.93. The summed E-state index contributed by atoms with van der Waals surface area (Å²) in [5.74, 6) is 4.83. The van der Waals surface area contributed by atoms with Crippen LogP contribution in [0.3, 0.4) is 0 Å². The van der Waals surface area contributed by atoms with E-state index in [4.69, 9.17) is 0 Å². The number of nitrogens with zero attached hydrogens (tertiary/aromatic N) is 1. The van der Waals surface area contributed by atoms with E-state index in [-0.39, 0.29) is 5.78 Å². The molecule has 0 unspecified atom stereocenters. The number of carbonyl (C=O) groups is 1. The first-order valence-electron chi connectivity index (χ1n) is 3.21. The van der Waals surface area contributed by atoms with E-state index in [0.29, 0.717) is 5.56 Å². The molecule has 1 rings (SSSR count). The molecule has 0 aliphatic heterocycles. The van der Waals surface area contributed by atoms with E-state index >= 15 is 0 Å². The second-order valence-corrected chi connectivity index (χ2v) is 1.94. The molecule has 11 heavy (non-hydrogen) atoms. The van der Waals surface area contributed by atoms with Crippen LogP contribution >= 0.6 is 0 Å². The van der Waals surface area contributed by atoms with Gasteiger partial charge in [-0.05, 0) is 25.0 Å². The van der Waals surface area contributed by atoms with E-state index in [1.807, 2.05) is 0 Å². The highest BCUT2D eigenvalue weighted by atomic mass is 16.1. The number of pyridine rings is 1. The molecule has 54 valence electrons. The predicted molar refractivity (Wildman–Crippen MR) is 42.0 cm³/mol. The van der Waals surface area contributed by atoms with E-state index in [2.05, 4.69) is 16.8 Å². The number of Topliss-reactive ketones (excluding diaryl/α,β-unsaturated/α-hetero) is 1. The first kappa shape index (κ1) is 7.49. The summed E-state index contributed by atoms with van der Waals surface area (Å²) in [6, 6.07) is 3.29. The van der Waals surface area contributed by atoms with Crippen LogP contribution in [0.4, 0.5) is 0 Å². The largest absolute Gasteiger partial charge is 0.279 e. The first-order chi connectivity index (χ1) is 5.34. The number of rotatable bonds is 1. The van der Waals surface area contributed by atoms with Crippen molar-refractivity contribution in [2.45, 2.75) is 6.92 Å². The quantitative estimate of drug-likeness (QED) is 0.338. The summed E-state index contributed by atoms with van der Waals surface area (Å²) < 4.78 is 0. The summed E-state index contributed by atoms with van der Waals surface area (Å²) in [6.45, 7) is 1.64. The van der Waals surface area contributed by atoms with Crippen LogP contribution in [-0.4, -0.2) is 10.8 Å². The third-order valence-corrected chi connectivity index (χ3v) is 1.18. The maximum atomic E-state index is 11.0. The first-order valence-corrected chi connectivity index (χ1v) is 3.21. The van der Waals surface area contributed by atoms with Crippen LogP contribution in [0.5, 0.6) is 0 Å².